The van der Waals surface area contributed by atoms with Crippen molar-refractivity contribution in [1.29, 1.82) is 0 Å². The molecule has 0 radical (unpaired) electrons. The molecule has 0 spiro atoms. The fraction of sp³-hybridized carbons (Fsp3) is 0.308. The van der Waals surface area contributed by atoms with Gasteiger partial charge in [-0.15, -0.1) is 11.3 Å². The van der Waals surface area contributed by atoms with Gasteiger partial charge in [0.15, 0.2) is 0 Å². The highest BCUT2D eigenvalue weighted by Crippen LogP contribution is 2.26. The number of hydrogen-bond acceptors (Lipinski definition) is 4. The molecule has 0 amide bonds. The van der Waals surface area contributed by atoms with E-state index in [-0.39, 0.29) is 6.61 Å². The molecular weight excluding hydrogens is 270 g/mol. The average molecular weight is 284 g/mol. The molecule has 0 aliphatic rings. The normalized spacial score (nSPS) is 10.6. The molecule has 1 heterocycles. The minimum Gasteiger partial charge on any atom is -0.486 e. The van der Waals surface area contributed by atoms with Crippen molar-refractivity contribution in [2.24, 2.45) is 0 Å². The highest BCUT2D eigenvalue weighted by molar-refractivity contribution is 7.09. The van der Waals surface area contributed by atoms with Gasteiger partial charge in [0.05, 0.1) is 22.3 Å². The van der Waals surface area contributed by atoms with Gasteiger partial charge in [-0.3, -0.25) is 0 Å². The fourth-order valence-corrected chi connectivity index (χ4v) is 2.48. The van der Waals surface area contributed by atoms with Crippen LogP contribution >= 0.6 is 22.9 Å². The smallest absolute Gasteiger partial charge is 0.138 e. The van der Waals surface area contributed by atoms with Gasteiger partial charge < -0.3 is 9.84 Å². The number of ether oxygens (including phenoxy) is 1. The van der Waals surface area contributed by atoms with E-state index in [1.165, 1.54) is 0 Å². The minimum atomic E-state index is -0.0219. The second kappa shape index (κ2) is 6.18. The van der Waals surface area contributed by atoms with Crippen molar-refractivity contribution in [2.45, 2.75) is 26.6 Å². The van der Waals surface area contributed by atoms with E-state index in [0.29, 0.717) is 17.4 Å². The first-order valence-corrected chi connectivity index (χ1v) is 6.94. The second-order valence-corrected chi connectivity index (χ2v) is 5.15. The van der Waals surface area contributed by atoms with Crippen LogP contribution in [0.4, 0.5) is 0 Å². The van der Waals surface area contributed by atoms with Gasteiger partial charge in [0, 0.05) is 5.38 Å². The maximum absolute atomic E-state index is 8.98. The van der Waals surface area contributed by atoms with Crippen molar-refractivity contribution >= 4 is 22.9 Å². The molecule has 0 saturated carbocycles. The lowest BCUT2D eigenvalue weighted by Crippen LogP contribution is -1.97. The predicted molar refractivity (Wildman–Crippen MR) is 73.2 cm³/mol. The maximum atomic E-state index is 8.98. The van der Waals surface area contributed by atoms with Crippen LogP contribution < -0.4 is 4.74 Å². The molecule has 96 valence electrons. The van der Waals surface area contributed by atoms with Crippen molar-refractivity contribution < 1.29 is 9.84 Å². The molecule has 1 aromatic carbocycles. The highest BCUT2D eigenvalue weighted by Gasteiger charge is 2.05. The first kappa shape index (κ1) is 13.3. The number of thiazole rings is 1. The van der Waals surface area contributed by atoms with Gasteiger partial charge in [-0.25, -0.2) is 4.98 Å². The third-order valence-corrected chi connectivity index (χ3v) is 3.79. The summed E-state index contributed by atoms with van der Waals surface area (Å²) in [6.45, 7) is 2.47. The first-order valence-electron chi connectivity index (χ1n) is 5.68. The number of aliphatic hydroxyl groups excluding tert-OH is 1. The molecule has 0 fully saturated rings. The summed E-state index contributed by atoms with van der Waals surface area (Å²) in [7, 11) is 0. The zero-order chi connectivity index (χ0) is 13.0. The van der Waals surface area contributed by atoms with Gasteiger partial charge in [-0.05, 0) is 24.1 Å². The van der Waals surface area contributed by atoms with Gasteiger partial charge >= 0.3 is 0 Å². The molecule has 0 bridgehead atoms. The molecule has 0 aliphatic heterocycles. The van der Waals surface area contributed by atoms with Crippen molar-refractivity contribution in [3.63, 3.8) is 0 Å². The van der Waals surface area contributed by atoms with Crippen LogP contribution in [0.25, 0.3) is 0 Å². The van der Waals surface area contributed by atoms with Crippen LogP contribution in [0.15, 0.2) is 23.6 Å². The van der Waals surface area contributed by atoms with Gasteiger partial charge in [-0.2, -0.15) is 0 Å². The van der Waals surface area contributed by atoms with Crippen LogP contribution in [0.1, 0.15) is 23.2 Å². The topological polar surface area (TPSA) is 42.4 Å². The Kier molecular flexibility index (Phi) is 4.58. The molecule has 18 heavy (non-hydrogen) atoms. The Labute approximate surface area is 115 Å². The average Bonchev–Trinajstić information content (AvgIpc) is 2.85. The standard InChI is InChI=1S/C13H14ClNO2S/c1-2-13-15-10(8-18-13)7-17-12-4-3-9(6-16)5-11(12)14/h3-5,8,16H,2,6-7H2,1H3. The number of nitrogens with zero attached hydrogens (tertiary/aromatic N) is 1. The molecule has 3 nitrogen and oxygen atoms in total. The van der Waals surface area contributed by atoms with E-state index >= 15 is 0 Å². The van der Waals surface area contributed by atoms with Gasteiger partial charge in [0.2, 0.25) is 0 Å². The molecule has 0 unspecified atom stereocenters. The van der Waals surface area contributed by atoms with E-state index in [2.05, 4.69) is 11.9 Å². The van der Waals surface area contributed by atoms with Crippen molar-refractivity contribution in [2.75, 3.05) is 0 Å². The molecule has 0 atom stereocenters. The largest absolute Gasteiger partial charge is 0.486 e. The molecular formula is C13H14ClNO2S. The number of aliphatic hydroxyl groups is 1. The lowest BCUT2D eigenvalue weighted by molar-refractivity contribution is 0.280. The van der Waals surface area contributed by atoms with Crippen LogP contribution in [0, 0.1) is 0 Å². The summed E-state index contributed by atoms with van der Waals surface area (Å²) >= 11 is 7.69. The Hall–Kier alpha value is -1.10. The summed E-state index contributed by atoms with van der Waals surface area (Å²) in [6.07, 6.45) is 0.941. The van der Waals surface area contributed by atoms with E-state index < -0.39 is 0 Å². The van der Waals surface area contributed by atoms with Crippen molar-refractivity contribution in [3.8, 4) is 5.75 Å². The lowest BCUT2D eigenvalue weighted by atomic mass is 10.2. The van der Waals surface area contributed by atoms with E-state index in [4.69, 9.17) is 21.4 Å². The SMILES string of the molecule is CCc1nc(COc2ccc(CO)cc2Cl)cs1. The van der Waals surface area contributed by atoms with E-state index in [1.54, 1.807) is 29.5 Å². The number of halogens is 1. The summed E-state index contributed by atoms with van der Waals surface area (Å²) in [6, 6.07) is 5.26. The number of aromatic nitrogens is 1. The van der Waals surface area contributed by atoms with Crippen molar-refractivity contribution in [3.05, 3.63) is 44.9 Å². The first-order chi connectivity index (χ1) is 8.72. The fourth-order valence-electron chi connectivity index (χ4n) is 1.49. The molecule has 1 N–H and O–H groups in total. The summed E-state index contributed by atoms with van der Waals surface area (Å²) in [5.41, 5.74) is 1.69. The summed E-state index contributed by atoms with van der Waals surface area (Å²) in [4.78, 5) is 4.42. The van der Waals surface area contributed by atoms with Crippen molar-refractivity contribution in [1.82, 2.24) is 4.98 Å². The third kappa shape index (κ3) is 3.22. The minimum absolute atomic E-state index is 0.0219. The summed E-state index contributed by atoms with van der Waals surface area (Å²) in [5.74, 6) is 0.611. The summed E-state index contributed by atoms with van der Waals surface area (Å²) < 4.78 is 5.61. The third-order valence-electron chi connectivity index (χ3n) is 2.46. The maximum Gasteiger partial charge on any atom is 0.138 e. The molecule has 2 rings (SSSR count). The van der Waals surface area contributed by atoms with Crippen LogP contribution in [-0.4, -0.2) is 10.1 Å². The highest BCUT2D eigenvalue weighted by atomic mass is 35.5. The quantitative estimate of drug-likeness (QED) is 0.914. The van der Waals surface area contributed by atoms with Crippen LogP contribution in [-0.2, 0) is 19.6 Å². The predicted octanol–water partition coefficient (Wildman–Crippen LogP) is 3.43. The van der Waals surface area contributed by atoms with Crippen LogP contribution in [0.3, 0.4) is 0 Å². The zero-order valence-corrected chi connectivity index (χ0v) is 11.6. The lowest BCUT2D eigenvalue weighted by Gasteiger charge is -2.07. The van der Waals surface area contributed by atoms with Crippen LogP contribution in [0.2, 0.25) is 5.02 Å². The summed E-state index contributed by atoms with van der Waals surface area (Å²) in [5, 5.41) is 12.6. The number of hydrogen-bond donors (Lipinski definition) is 1. The van der Waals surface area contributed by atoms with E-state index in [0.717, 1.165) is 22.7 Å². The number of rotatable bonds is 5. The molecule has 0 saturated heterocycles. The number of benzene rings is 1. The second-order valence-electron chi connectivity index (χ2n) is 3.80. The molecule has 1 aromatic heterocycles. The molecule has 0 aliphatic carbocycles. The van der Waals surface area contributed by atoms with E-state index in [1.807, 2.05) is 5.38 Å². The number of aryl methyl sites for hydroxylation is 1. The Morgan fingerprint density at radius 2 is 2.28 bits per heavy atom. The Balaban J connectivity index is 2.01. The van der Waals surface area contributed by atoms with E-state index in [9.17, 15) is 0 Å². The Morgan fingerprint density at radius 3 is 2.89 bits per heavy atom. The molecule has 2 aromatic rings. The molecule has 5 heteroatoms. The Morgan fingerprint density at radius 1 is 1.44 bits per heavy atom. The van der Waals surface area contributed by atoms with Crippen LogP contribution in [0.5, 0.6) is 5.75 Å². The van der Waals surface area contributed by atoms with Gasteiger partial charge in [0.25, 0.3) is 0 Å². The Bertz CT molecular complexity index is 527. The monoisotopic (exact) mass is 283 g/mol. The van der Waals surface area contributed by atoms with Gasteiger partial charge in [0.1, 0.15) is 12.4 Å². The zero-order valence-electron chi connectivity index (χ0n) is 10.0. The van der Waals surface area contributed by atoms with Gasteiger partial charge in [-0.1, -0.05) is 24.6 Å².